The minimum absolute atomic E-state index is 0.515. The number of hydrogen-bond acceptors (Lipinski definition) is 4. The first-order chi connectivity index (χ1) is 8.64. The third-order valence-electron chi connectivity index (χ3n) is 3.26. The zero-order chi connectivity index (χ0) is 13.3. The molecule has 0 spiro atoms. The summed E-state index contributed by atoms with van der Waals surface area (Å²) < 4.78 is 22.7. The van der Waals surface area contributed by atoms with Gasteiger partial charge in [-0.3, -0.25) is 4.57 Å². The summed E-state index contributed by atoms with van der Waals surface area (Å²) in [6.45, 7) is 7.95. The maximum atomic E-state index is 12.0. The van der Waals surface area contributed by atoms with E-state index in [2.05, 4.69) is 11.8 Å². The maximum Gasteiger partial charge on any atom is 0.327 e. The lowest BCUT2D eigenvalue weighted by atomic mass is 10.1. The van der Waals surface area contributed by atoms with E-state index in [1.54, 1.807) is 6.66 Å². The van der Waals surface area contributed by atoms with Gasteiger partial charge in [-0.05, 0) is 32.4 Å². The van der Waals surface area contributed by atoms with Gasteiger partial charge >= 0.3 is 7.60 Å². The fourth-order valence-electron chi connectivity index (χ4n) is 2.14. The summed E-state index contributed by atoms with van der Waals surface area (Å²) in [4.78, 5) is 2.38. The van der Waals surface area contributed by atoms with Crippen LogP contribution in [0, 0.1) is 0 Å². The summed E-state index contributed by atoms with van der Waals surface area (Å²) in [6.07, 6.45) is 7.11. The van der Waals surface area contributed by atoms with Gasteiger partial charge in [-0.1, -0.05) is 26.2 Å². The monoisotopic (exact) mass is 277 g/mol. The van der Waals surface area contributed by atoms with Crippen LogP contribution in [0.1, 0.15) is 45.4 Å². The number of hydrogen-bond donors (Lipinski definition) is 0. The average molecular weight is 277 g/mol. The number of rotatable bonds is 9. The van der Waals surface area contributed by atoms with Gasteiger partial charge in [0, 0.05) is 13.2 Å². The highest BCUT2D eigenvalue weighted by atomic mass is 31.2. The van der Waals surface area contributed by atoms with Crippen molar-refractivity contribution in [3.63, 3.8) is 0 Å². The van der Waals surface area contributed by atoms with E-state index in [1.807, 2.05) is 0 Å². The van der Waals surface area contributed by atoms with Crippen LogP contribution in [0.2, 0.25) is 0 Å². The fraction of sp³-hybridized carbons (Fsp3) is 1.00. The highest BCUT2D eigenvalue weighted by molar-refractivity contribution is 7.52. The minimum Gasteiger partial charge on any atom is -0.309 e. The second-order valence-corrected chi connectivity index (χ2v) is 7.11. The molecule has 1 atom stereocenters. The summed E-state index contributed by atoms with van der Waals surface area (Å²) in [6, 6.07) is 0. The Morgan fingerprint density at radius 3 is 2.39 bits per heavy atom. The number of likely N-dealkylation sites (tertiary alicyclic amines) is 1. The van der Waals surface area contributed by atoms with Crippen LogP contribution in [0.3, 0.4) is 0 Å². The number of unbranched alkanes of at least 4 members (excludes halogenated alkanes) is 2. The van der Waals surface area contributed by atoms with Crippen molar-refractivity contribution in [3.05, 3.63) is 0 Å². The average Bonchev–Trinajstić information content (AvgIpc) is 2.36. The Hall–Kier alpha value is 0.110. The van der Waals surface area contributed by atoms with Crippen molar-refractivity contribution in [2.24, 2.45) is 0 Å². The molecule has 0 N–H and O–H groups in total. The molecule has 0 bridgehead atoms. The van der Waals surface area contributed by atoms with Crippen molar-refractivity contribution in [3.8, 4) is 0 Å². The summed E-state index contributed by atoms with van der Waals surface area (Å²) in [5.41, 5.74) is 0. The van der Waals surface area contributed by atoms with E-state index in [9.17, 15) is 4.57 Å². The van der Waals surface area contributed by atoms with Gasteiger partial charge in [0.25, 0.3) is 0 Å². The molecule has 1 unspecified atom stereocenters. The third-order valence-corrected chi connectivity index (χ3v) is 4.56. The lowest BCUT2D eigenvalue weighted by Gasteiger charge is -2.26. The molecule has 1 aliphatic heterocycles. The van der Waals surface area contributed by atoms with Gasteiger partial charge in [-0.25, -0.2) is 0 Å². The lowest BCUT2D eigenvalue weighted by molar-refractivity contribution is 0.158. The predicted octanol–water partition coefficient (Wildman–Crippen LogP) is 3.52. The van der Waals surface area contributed by atoms with Crippen LogP contribution in [0.5, 0.6) is 0 Å². The highest BCUT2D eigenvalue weighted by Crippen LogP contribution is 2.43. The Bertz CT molecular complexity index is 255. The van der Waals surface area contributed by atoms with Gasteiger partial charge in [-0.2, -0.15) is 0 Å². The molecule has 0 saturated carbocycles. The fourth-order valence-corrected chi connectivity index (χ4v) is 3.09. The Morgan fingerprint density at radius 2 is 1.72 bits per heavy atom. The van der Waals surface area contributed by atoms with E-state index in [4.69, 9.17) is 9.05 Å². The van der Waals surface area contributed by atoms with Gasteiger partial charge < -0.3 is 13.9 Å². The topological polar surface area (TPSA) is 38.8 Å². The van der Waals surface area contributed by atoms with Gasteiger partial charge in [0.2, 0.25) is 0 Å². The number of nitrogens with zero attached hydrogens (tertiary/aromatic N) is 1. The largest absolute Gasteiger partial charge is 0.327 e. The molecule has 0 aliphatic carbocycles. The summed E-state index contributed by atoms with van der Waals surface area (Å²) in [5.74, 6) is 0. The van der Waals surface area contributed by atoms with Crippen molar-refractivity contribution in [2.75, 3.05) is 39.5 Å². The summed E-state index contributed by atoms with van der Waals surface area (Å²) in [5, 5.41) is 0. The second kappa shape index (κ2) is 9.08. The Balaban J connectivity index is 2.06. The van der Waals surface area contributed by atoms with E-state index < -0.39 is 7.60 Å². The van der Waals surface area contributed by atoms with Crippen molar-refractivity contribution in [1.29, 1.82) is 0 Å². The molecule has 1 saturated heterocycles. The van der Waals surface area contributed by atoms with Crippen LogP contribution in [0.15, 0.2) is 0 Å². The molecule has 1 aliphatic rings. The van der Waals surface area contributed by atoms with Crippen LogP contribution in [0.25, 0.3) is 0 Å². The molecule has 1 rings (SSSR count). The van der Waals surface area contributed by atoms with Gasteiger partial charge in [-0.15, -0.1) is 0 Å². The molecular weight excluding hydrogens is 249 g/mol. The molecular formula is C13H28NO3P. The van der Waals surface area contributed by atoms with E-state index in [0.29, 0.717) is 13.2 Å². The molecule has 108 valence electrons. The third kappa shape index (κ3) is 7.52. The Kier molecular flexibility index (Phi) is 8.16. The van der Waals surface area contributed by atoms with E-state index in [0.717, 1.165) is 38.9 Å². The number of piperidine rings is 1. The quantitative estimate of drug-likeness (QED) is 0.477. The molecule has 1 fully saturated rings. The van der Waals surface area contributed by atoms with E-state index in [-0.39, 0.29) is 0 Å². The van der Waals surface area contributed by atoms with E-state index in [1.165, 1.54) is 19.3 Å². The first kappa shape index (κ1) is 16.2. The first-order valence-electron chi connectivity index (χ1n) is 7.23. The maximum absolute atomic E-state index is 12.0. The predicted molar refractivity (Wildman–Crippen MR) is 75.3 cm³/mol. The Labute approximate surface area is 112 Å². The molecule has 0 aromatic carbocycles. The normalized spacial score (nSPS) is 20.8. The van der Waals surface area contributed by atoms with Crippen molar-refractivity contribution >= 4 is 7.60 Å². The zero-order valence-electron chi connectivity index (χ0n) is 11.9. The summed E-state index contributed by atoms with van der Waals surface area (Å²) in [7, 11) is -2.83. The molecule has 4 nitrogen and oxygen atoms in total. The van der Waals surface area contributed by atoms with Gasteiger partial charge in [0.15, 0.2) is 0 Å². The smallest absolute Gasteiger partial charge is 0.309 e. The highest BCUT2D eigenvalue weighted by Gasteiger charge is 2.17. The van der Waals surface area contributed by atoms with Crippen LogP contribution >= 0.6 is 7.60 Å². The molecule has 0 radical (unpaired) electrons. The van der Waals surface area contributed by atoms with Crippen LogP contribution in [-0.2, 0) is 13.6 Å². The van der Waals surface area contributed by atoms with Crippen LogP contribution in [0.4, 0.5) is 0 Å². The molecule has 0 aromatic heterocycles. The summed E-state index contributed by atoms with van der Waals surface area (Å²) >= 11 is 0. The van der Waals surface area contributed by atoms with Crippen molar-refractivity contribution < 1.29 is 13.6 Å². The van der Waals surface area contributed by atoms with Crippen LogP contribution < -0.4 is 0 Å². The van der Waals surface area contributed by atoms with E-state index >= 15 is 0 Å². The van der Waals surface area contributed by atoms with Gasteiger partial charge in [0.1, 0.15) is 0 Å². The molecule has 1 heterocycles. The lowest BCUT2D eigenvalue weighted by Crippen LogP contribution is -2.32. The SMILES string of the molecule is CCCCCOP(C)(=O)OCCN1CCCCC1. The molecule has 18 heavy (non-hydrogen) atoms. The first-order valence-corrected chi connectivity index (χ1v) is 9.22. The minimum atomic E-state index is -2.83. The second-order valence-electron chi connectivity index (χ2n) is 5.05. The Morgan fingerprint density at radius 1 is 1.06 bits per heavy atom. The van der Waals surface area contributed by atoms with Crippen molar-refractivity contribution in [1.82, 2.24) is 4.90 Å². The standard InChI is InChI=1S/C13H28NO3P/c1-3-4-8-12-16-18(2,15)17-13-11-14-9-6-5-7-10-14/h3-13H2,1-2H3. The van der Waals surface area contributed by atoms with Crippen LogP contribution in [-0.4, -0.2) is 44.4 Å². The zero-order valence-corrected chi connectivity index (χ0v) is 12.8. The molecule has 0 aromatic rings. The van der Waals surface area contributed by atoms with Gasteiger partial charge in [0.05, 0.1) is 13.2 Å². The van der Waals surface area contributed by atoms with Crippen molar-refractivity contribution in [2.45, 2.75) is 45.4 Å². The molecule has 5 heteroatoms. The molecule has 0 amide bonds.